The molecule has 18 heavy (non-hydrogen) atoms. The SMILES string of the molecule is Cc1ccc(C(C)N(C)C2CCCC2CN)cc1. The molecule has 0 aliphatic heterocycles. The molecular weight excluding hydrogens is 220 g/mol. The van der Waals surface area contributed by atoms with Crippen molar-refractivity contribution in [3.05, 3.63) is 35.4 Å². The predicted molar refractivity (Wildman–Crippen MR) is 77.5 cm³/mol. The molecular formula is C16H26N2. The van der Waals surface area contributed by atoms with Crippen LogP contribution in [0.1, 0.15) is 43.4 Å². The highest BCUT2D eigenvalue weighted by atomic mass is 15.2. The molecule has 0 aromatic heterocycles. The van der Waals surface area contributed by atoms with Gasteiger partial charge in [-0.2, -0.15) is 0 Å². The van der Waals surface area contributed by atoms with Gasteiger partial charge in [0.05, 0.1) is 0 Å². The normalized spacial score (nSPS) is 25.6. The van der Waals surface area contributed by atoms with Crippen LogP contribution in [0, 0.1) is 12.8 Å². The summed E-state index contributed by atoms with van der Waals surface area (Å²) in [5.74, 6) is 0.683. The molecule has 100 valence electrons. The predicted octanol–water partition coefficient (Wildman–Crippen LogP) is 3.12. The first-order valence-corrected chi connectivity index (χ1v) is 7.12. The lowest BCUT2D eigenvalue weighted by molar-refractivity contribution is 0.152. The van der Waals surface area contributed by atoms with Crippen LogP contribution < -0.4 is 5.73 Å². The van der Waals surface area contributed by atoms with Crippen molar-refractivity contribution in [1.29, 1.82) is 0 Å². The second-order valence-corrected chi connectivity index (χ2v) is 5.75. The Morgan fingerprint density at radius 3 is 2.56 bits per heavy atom. The van der Waals surface area contributed by atoms with Crippen molar-refractivity contribution in [2.45, 2.75) is 45.2 Å². The van der Waals surface area contributed by atoms with E-state index in [1.165, 1.54) is 30.4 Å². The quantitative estimate of drug-likeness (QED) is 0.884. The van der Waals surface area contributed by atoms with E-state index in [1.807, 2.05) is 0 Å². The summed E-state index contributed by atoms with van der Waals surface area (Å²) in [5.41, 5.74) is 8.63. The molecule has 0 bridgehead atoms. The zero-order chi connectivity index (χ0) is 13.1. The third-order valence-corrected chi connectivity index (χ3v) is 4.62. The van der Waals surface area contributed by atoms with Gasteiger partial charge in [-0.05, 0) is 51.8 Å². The second kappa shape index (κ2) is 5.85. The van der Waals surface area contributed by atoms with Gasteiger partial charge in [0.2, 0.25) is 0 Å². The minimum atomic E-state index is 0.475. The van der Waals surface area contributed by atoms with Gasteiger partial charge in [0.1, 0.15) is 0 Å². The third-order valence-electron chi connectivity index (χ3n) is 4.62. The van der Waals surface area contributed by atoms with Gasteiger partial charge >= 0.3 is 0 Å². The van der Waals surface area contributed by atoms with E-state index < -0.39 is 0 Å². The number of nitrogens with two attached hydrogens (primary N) is 1. The fourth-order valence-electron chi connectivity index (χ4n) is 3.20. The van der Waals surface area contributed by atoms with E-state index in [0.29, 0.717) is 18.0 Å². The Hall–Kier alpha value is -0.860. The maximum atomic E-state index is 5.89. The number of hydrogen-bond donors (Lipinski definition) is 1. The fourth-order valence-corrected chi connectivity index (χ4v) is 3.20. The summed E-state index contributed by atoms with van der Waals surface area (Å²) in [6, 6.07) is 10.0. The van der Waals surface area contributed by atoms with E-state index in [0.717, 1.165) is 6.54 Å². The van der Waals surface area contributed by atoms with E-state index >= 15 is 0 Å². The number of rotatable bonds is 4. The number of hydrogen-bond acceptors (Lipinski definition) is 2. The Balaban J connectivity index is 2.08. The Bertz CT molecular complexity index is 371. The number of benzene rings is 1. The molecule has 1 aromatic rings. The van der Waals surface area contributed by atoms with Crippen LogP contribution in [0.25, 0.3) is 0 Å². The van der Waals surface area contributed by atoms with Crippen LogP contribution in [0.4, 0.5) is 0 Å². The van der Waals surface area contributed by atoms with Crippen LogP contribution in [-0.2, 0) is 0 Å². The van der Waals surface area contributed by atoms with E-state index in [9.17, 15) is 0 Å². The molecule has 2 rings (SSSR count). The third kappa shape index (κ3) is 2.76. The van der Waals surface area contributed by atoms with E-state index in [1.54, 1.807) is 0 Å². The number of nitrogens with zero attached hydrogens (tertiary/aromatic N) is 1. The molecule has 1 aliphatic rings. The molecule has 0 radical (unpaired) electrons. The maximum absolute atomic E-state index is 5.89. The van der Waals surface area contributed by atoms with E-state index in [2.05, 4.69) is 50.1 Å². The molecule has 0 spiro atoms. The molecule has 1 aliphatic carbocycles. The lowest BCUT2D eigenvalue weighted by atomic mass is 9.98. The van der Waals surface area contributed by atoms with Crippen molar-refractivity contribution in [3.8, 4) is 0 Å². The summed E-state index contributed by atoms with van der Waals surface area (Å²) in [7, 11) is 2.25. The first-order valence-electron chi connectivity index (χ1n) is 7.12. The van der Waals surface area contributed by atoms with Gasteiger partial charge in [-0.1, -0.05) is 36.2 Å². The zero-order valence-electron chi connectivity index (χ0n) is 11.9. The minimum Gasteiger partial charge on any atom is -0.330 e. The Labute approximate surface area is 111 Å². The summed E-state index contributed by atoms with van der Waals surface area (Å²) >= 11 is 0. The Morgan fingerprint density at radius 1 is 1.28 bits per heavy atom. The van der Waals surface area contributed by atoms with Gasteiger partial charge in [-0.3, -0.25) is 4.90 Å². The van der Waals surface area contributed by atoms with Crippen LogP contribution >= 0.6 is 0 Å². The average molecular weight is 246 g/mol. The van der Waals surface area contributed by atoms with Crippen molar-refractivity contribution in [1.82, 2.24) is 4.90 Å². The molecule has 0 heterocycles. The fraction of sp³-hybridized carbons (Fsp3) is 0.625. The van der Waals surface area contributed by atoms with E-state index in [-0.39, 0.29) is 0 Å². The molecule has 2 N–H and O–H groups in total. The van der Waals surface area contributed by atoms with Gasteiger partial charge < -0.3 is 5.73 Å². The van der Waals surface area contributed by atoms with Crippen molar-refractivity contribution < 1.29 is 0 Å². The monoisotopic (exact) mass is 246 g/mol. The lowest BCUT2D eigenvalue weighted by Gasteiger charge is -2.34. The highest BCUT2D eigenvalue weighted by Gasteiger charge is 2.31. The van der Waals surface area contributed by atoms with Crippen molar-refractivity contribution in [2.24, 2.45) is 11.7 Å². The van der Waals surface area contributed by atoms with Gasteiger partial charge in [-0.25, -0.2) is 0 Å². The highest BCUT2D eigenvalue weighted by Crippen LogP contribution is 2.33. The summed E-state index contributed by atoms with van der Waals surface area (Å²) in [5, 5.41) is 0. The van der Waals surface area contributed by atoms with Crippen molar-refractivity contribution in [2.75, 3.05) is 13.6 Å². The molecule has 2 heteroatoms. The lowest BCUT2D eigenvalue weighted by Crippen LogP contribution is -2.39. The summed E-state index contributed by atoms with van der Waals surface area (Å²) in [6.07, 6.45) is 3.93. The van der Waals surface area contributed by atoms with Gasteiger partial charge in [0, 0.05) is 12.1 Å². The molecule has 3 atom stereocenters. The standard InChI is InChI=1S/C16H26N2/c1-12-7-9-14(10-8-12)13(2)18(3)16-6-4-5-15(16)11-17/h7-10,13,15-16H,4-6,11,17H2,1-3H3. The van der Waals surface area contributed by atoms with Gasteiger partial charge in [0.15, 0.2) is 0 Å². The zero-order valence-corrected chi connectivity index (χ0v) is 11.9. The molecule has 0 amide bonds. The molecule has 3 unspecified atom stereocenters. The smallest absolute Gasteiger partial charge is 0.0319 e. The van der Waals surface area contributed by atoms with Crippen LogP contribution in [0.5, 0.6) is 0 Å². The van der Waals surface area contributed by atoms with Gasteiger partial charge in [-0.15, -0.1) is 0 Å². The molecule has 1 fully saturated rings. The minimum absolute atomic E-state index is 0.475. The van der Waals surface area contributed by atoms with Crippen LogP contribution in [0.15, 0.2) is 24.3 Å². The van der Waals surface area contributed by atoms with Crippen molar-refractivity contribution >= 4 is 0 Å². The molecule has 1 saturated carbocycles. The average Bonchev–Trinajstić information content (AvgIpc) is 2.86. The molecule has 1 aromatic carbocycles. The van der Waals surface area contributed by atoms with Gasteiger partial charge in [0.25, 0.3) is 0 Å². The molecule has 0 saturated heterocycles. The Morgan fingerprint density at radius 2 is 1.94 bits per heavy atom. The maximum Gasteiger partial charge on any atom is 0.0319 e. The highest BCUT2D eigenvalue weighted by molar-refractivity contribution is 5.23. The summed E-state index contributed by atoms with van der Waals surface area (Å²) in [6.45, 7) is 5.27. The van der Waals surface area contributed by atoms with E-state index in [4.69, 9.17) is 5.73 Å². The van der Waals surface area contributed by atoms with Crippen LogP contribution in [0.2, 0.25) is 0 Å². The Kier molecular flexibility index (Phi) is 4.41. The second-order valence-electron chi connectivity index (χ2n) is 5.75. The first-order chi connectivity index (χ1) is 8.63. The summed E-state index contributed by atoms with van der Waals surface area (Å²) < 4.78 is 0. The van der Waals surface area contributed by atoms with Crippen molar-refractivity contribution in [3.63, 3.8) is 0 Å². The first kappa shape index (κ1) is 13.6. The summed E-state index contributed by atoms with van der Waals surface area (Å²) in [4.78, 5) is 2.52. The number of aryl methyl sites for hydroxylation is 1. The largest absolute Gasteiger partial charge is 0.330 e. The van der Waals surface area contributed by atoms with Crippen LogP contribution in [-0.4, -0.2) is 24.5 Å². The topological polar surface area (TPSA) is 29.3 Å². The molecule has 2 nitrogen and oxygen atoms in total. The van der Waals surface area contributed by atoms with Crippen LogP contribution in [0.3, 0.4) is 0 Å².